The minimum atomic E-state index is 0.462. The van der Waals surface area contributed by atoms with E-state index in [1.807, 2.05) is 0 Å². The van der Waals surface area contributed by atoms with Gasteiger partial charge in [0.25, 0.3) is 0 Å². The van der Waals surface area contributed by atoms with Crippen molar-refractivity contribution in [2.24, 2.45) is 0 Å². The molecule has 104 valence electrons. The molecule has 1 aromatic heterocycles. The molecule has 3 rings (SSSR count). The number of halogens is 1. The van der Waals surface area contributed by atoms with Gasteiger partial charge in [-0.15, -0.1) is 0 Å². The van der Waals surface area contributed by atoms with Gasteiger partial charge < -0.3 is 10.1 Å². The predicted molar refractivity (Wildman–Crippen MR) is 77.2 cm³/mol. The topological polar surface area (TPSA) is 50.3 Å². The van der Waals surface area contributed by atoms with Crippen LogP contribution in [0.5, 0.6) is 0 Å². The van der Waals surface area contributed by atoms with E-state index in [2.05, 4.69) is 36.1 Å². The van der Waals surface area contributed by atoms with Crippen molar-refractivity contribution >= 4 is 21.9 Å². The molecule has 1 atom stereocenters. The Morgan fingerprint density at radius 2 is 1.95 bits per heavy atom. The number of hydrogen-bond acceptors (Lipinski definition) is 5. The second kappa shape index (κ2) is 6.15. The second-order valence-electron chi connectivity index (χ2n) is 5.19. The minimum Gasteiger partial charge on any atom is -0.381 e. The van der Waals surface area contributed by atoms with Crippen molar-refractivity contribution < 1.29 is 4.74 Å². The molecular formula is C13H19BrN4O. The van der Waals surface area contributed by atoms with Gasteiger partial charge in [0.2, 0.25) is 5.95 Å². The number of nitrogens with zero attached hydrogens (tertiary/aromatic N) is 3. The summed E-state index contributed by atoms with van der Waals surface area (Å²) in [5.74, 6) is 0.724. The van der Waals surface area contributed by atoms with Crippen molar-refractivity contribution in [3.63, 3.8) is 0 Å². The molecule has 1 unspecified atom stereocenters. The Balaban J connectivity index is 1.52. The van der Waals surface area contributed by atoms with Crippen LogP contribution in [0.1, 0.15) is 19.3 Å². The maximum Gasteiger partial charge on any atom is 0.222 e. The molecule has 0 radical (unpaired) electrons. The molecular weight excluding hydrogens is 308 g/mol. The number of anilines is 1. The smallest absolute Gasteiger partial charge is 0.222 e. The number of hydrogen-bond donors (Lipinski definition) is 1. The summed E-state index contributed by atoms with van der Waals surface area (Å²) in [6.07, 6.45) is 7.06. The molecule has 2 fully saturated rings. The first kappa shape index (κ1) is 13.3. The van der Waals surface area contributed by atoms with Crippen molar-refractivity contribution in [1.82, 2.24) is 14.9 Å². The van der Waals surface area contributed by atoms with Crippen molar-refractivity contribution in [3.05, 3.63) is 16.9 Å². The number of ether oxygens (including phenoxy) is 1. The molecule has 1 aromatic rings. The second-order valence-corrected chi connectivity index (χ2v) is 6.11. The molecule has 0 bridgehead atoms. The first-order chi connectivity index (χ1) is 9.31. The monoisotopic (exact) mass is 326 g/mol. The molecule has 3 heterocycles. The molecule has 0 amide bonds. The van der Waals surface area contributed by atoms with Crippen LogP contribution in [0.15, 0.2) is 16.9 Å². The molecule has 0 aromatic carbocycles. The molecule has 2 aliphatic rings. The van der Waals surface area contributed by atoms with Gasteiger partial charge in [0, 0.05) is 50.8 Å². The van der Waals surface area contributed by atoms with E-state index in [0.717, 1.165) is 36.6 Å². The third-order valence-electron chi connectivity index (χ3n) is 3.88. The first-order valence-corrected chi connectivity index (χ1v) is 7.66. The summed E-state index contributed by atoms with van der Waals surface area (Å²) in [5.41, 5.74) is 0. The molecule has 1 N–H and O–H groups in total. The predicted octanol–water partition coefficient (Wildman–Crippen LogP) is 1.90. The molecule has 0 saturated carbocycles. The normalized spacial score (nSPS) is 25.6. The average Bonchev–Trinajstić information content (AvgIpc) is 2.91. The van der Waals surface area contributed by atoms with Gasteiger partial charge >= 0.3 is 0 Å². The van der Waals surface area contributed by atoms with E-state index in [9.17, 15) is 0 Å². The largest absolute Gasteiger partial charge is 0.381 e. The molecule has 19 heavy (non-hydrogen) atoms. The zero-order chi connectivity index (χ0) is 13.1. The summed E-state index contributed by atoms with van der Waals surface area (Å²) in [6, 6.07) is 1.16. The Kier molecular flexibility index (Phi) is 4.30. The first-order valence-electron chi connectivity index (χ1n) is 6.87. The van der Waals surface area contributed by atoms with Gasteiger partial charge in [0.1, 0.15) is 0 Å². The summed E-state index contributed by atoms with van der Waals surface area (Å²) in [4.78, 5) is 11.1. The quantitative estimate of drug-likeness (QED) is 0.919. The highest BCUT2D eigenvalue weighted by molar-refractivity contribution is 9.10. The minimum absolute atomic E-state index is 0.462. The van der Waals surface area contributed by atoms with Crippen LogP contribution < -0.4 is 5.32 Å². The van der Waals surface area contributed by atoms with E-state index in [1.54, 1.807) is 12.4 Å². The standard InChI is InChI=1S/C13H19BrN4O/c14-10-7-15-13(16-8-10)17-11-1-4-18(9-11)12-2-5-19-6-3-12/h7-8,11-12H,1-6,9H2,(H,15,16,17). The fraction of sp³-hybridized carbons (Fsp3) is 0.692. The van der Waals surface area contributed by atoms with Crippen LogP contribution in [-0.4, -0.2) is 53.3 Å². The molecule has 2 saturated heterocycles. The fourth-order valence-electron chi connectivity index (χ4n) is 2.86. The zero-order valence-electron chi connectivity index (χ0n) is 10.9. The lowest BCUT2D eigenvalue weighted by molar-refractivity contribution is 0.0421. The van der Waals surface area contributed by atoms with Crippen LogP contribution in [0, 0.1) is 0 Å². The lowest BCUT2D eigenvalue weighted by Gasteiger charge is -2.31. The van der Waals surface area contributed by atoms with Crippen LogP contribution in [0.4, 0.5) is 5.95 Å². The van der Waals surface area contributed by atoms with E-state index in [1.165, 1.54) is 19.4 Å². The van der Waals surface area contributed by atoms with Crippen molar-refractivity contribution in [1.29, 1.82) is 0 Å². The lowest BCUT2D eigenvalue weighted by atomic mass is 10.1. The highest BCUT2D eigenvalue weighted by Gasteiger charge is 2.29. The highest BCUT2D eigenvalue weighted by Crippen LogP contribution is 2.21. The Morgan fingerprint density at radius 1 is 1.21 bits per heavy atom. The molecule has 0 aliphatic carbocycles. The SMILES string of the molecule is Brc1cnc(NC2CCN(C3CCOCC3)C2)nc1. The van der Waals surface area contributed by atoms with Gasteiger partial charge in [-0.05, 0) is 35.2 Å². The fourth-order valence-corrected chi connectivity index (χ4v) is 3.06. The summed E-state index contributed by atoms with van der Waals surface area (Å²) < 4.78 is 6.34. The van der Waals surface area contributed by atoms with E-state index < -0.39 is 0 Å². The van der Waals surface area contributed by atoms with E-state index in [-0.39, 0.29) is 0 Å². The van der Waals surface area contributed by atoms with Gasteiger partial charge in [-0.25, -0.2) is 9.97 Å². The third-order valence-corrected chi connectivity index (χ3v) is 4.29. The average molecular weight is 327 g/mol. The summed E-state index contributed by atoms with van der Waals surface area (Å²) in [6.45, 7) is 4.08. The molecule has 6 heteroatoms. The van der Waals surface area contributed by atoms with Crippen LogP contribution in [0.25, 0.3) is 0 Å². The van der Waals surface area contributed by atoms with Gasteiger partial charge in [0.05, 0.1) is 4.47 Å². The Labute approximate surface area is 121 Å². The molecule has 2 aliphatic heterocycles. The van der Waals surface area contributed by atoms with E-state index in [4.69, 9.17) is 4.74 Å². The zero-order valence-corrected chi connectivity index (χ0v) is 12.5. The number of aromatic nitrogens is 2. The Bertz CT molecular complexity index is 408. The van der Waals surface area contributed by atoms with Crippen molar-refractivity contribution in [2.75, 3.05) is 31.6 Å². The van der Waals surface area contributed by atoms with Crippen molar-refractivity contribution in [2.45, 2.75) is 31.3 Å². The van der Waals surface area contributed by atoms with Gasteiger partial charge in [-0.2, -0.15) is 0 Å². The Morgan fingerprint density at radius 3 is 2.68 bits per heavy atom. The van der Waals surface area contributed by atoms with E-state index >= 15 is 0 Å². The molecule has 0 spiro atoms. The third kappa shape index (κ3) is 3.43. The number of rotatable bonds is 3. The Hall–Kier alpha value is -0.720. The van der Waals surface area contributed by atoms with Gasteiger partial charge in [0.15, 0.2) is 0 Å². The summed E-state index contributed by atoms with van der Waals surface area (Å²) >= 11 is 3.35. The lowest BCUT2D eigenvalue weighted by Crippen LogP contribution is -2.39. The van der Waals surface area contributed by atoms with Gasteiger partial charge in [-0.1, -0.05) is 0 Å². The highest BCUT2D eigenvalue weighted by atomic mass is 79.9. The van der Waals surface area contributed by atoms with E-state index in [0.29, 0.717) is 12.1 Å². The van der Waals surface area contributed by atoms with Crippen molar-refractivity contribution in [3.8, 4) is 0 Å². The van der Waals surface area contributed by atoms with Gasteiger partial charge in [-0.3, -0.25) is 4.90 Å². The maximum atomic E-state index is 5.43. The van der Waals surface area contributed by atoms with Crippen LogP contribution >= 0.6 is 15.9 Å². The summed E-state index contributed by atoms with van der Waals surface area (Å²) in [5, 5.41) is 3.42. The summed E-state index contributed by atoms with van der Waals surface area (Å²) in [7, 11) is 0. The number of nitrogens with one attached hydrogen (secondary N) is 1. The number of likely N-dealkylation sites (tertiary alicyclic amines) is 1. The van der Waals surface area contributed by atoms with Crippen LogP contribution in [0.3, 0.4) is 0 Å². The molecule has 5 nitrogen and oxygen atoms in total. The van der Waals surface area contributed by atoms with Crippen LogP contribution in [-0.2, 0) is 4.74 Å². The maximum absolute atomic E-state index is 5.43. The van der Waals surface area contributed by atoms with Crippen LogP contribution in [0.2, 0.25) is 0 Å².